The molecule has 0 atom stereocenters. The van der Waals surface area contributed by atoms with Gasteiger partial charge in [0.25, 0.3) is 5.91 Å². The van der Waals surface area contributed by atoms with E-state index in [1.807, 2.05) is 19.2 Å². The first-order valence-electron chi connectivity index (χ1n) is 8.07. The second-order valence-corrected chi connectivity index (χ2v) is 6.05. The van der Waals surface area contributed by atoms with E-state index >= 15 is 0 Å². The number of halogens is 1. The summed E-state index contributed by atoms with van der Waals surface area (Å²) < 4.78 is 15.0. The van der Waals surface area contributed by atoms with Gasteiger partial charge in [-0.15, -0.1) is 0 Å². The molecule has 0 bridgehead atoms. The molecule has 0 saturated carbocycles. The number of carbonyl (C=O) groups is 1. The second kappa shape index (κ2) is 5.73. The monoisotopic (exact) mass is 336 g/mol. The topological polar surface area (TPSA) is 72.9 Å². The third-order valence-corrected chi connectivity index (χ3v) is 4.59. The summed E-state index contributed by atoms with van der Waals surface area (Å²) in [5, 5.41) is 7.58. The van der Waals surface area contributed by atoms with Gasteiger partial charge in [-0.1, -0.05) is 6.07 Å². The first-order chi connectivity index (χ1) is 12.1. The van der Waals surface area contributed by atoms with Crippen LogP contribution in [0.4, 0.5) is 10.1 Å². The van der Waals surface area contributed by atoms with Gasteiger partial charge in [0, 0.05) is 23.9 Å². The number of hydrogen-bond acceptors (Lipinski definition) is 3. The Morgan fingerprint density at radius 1 is 1.20 bits per heavy atom. The number of primary amides is 1. The van der Waals surface area contributed by atoms with E-state index < -0.39 is 5.91 Å². The van der Waals surface area contributed by atoms with Crippen molar-refractivity contribution in [1.29, 1.82) is 0 Å². The summed E-state index contributed by atoms with van der Waals surface area (Å²) >= 11 is 0. The number of amides is 1. The first kappa shape index (κ1) is 15.4. The average molecular weight is 336 g/mol. The van der Waals surface area contributed by atoms with Crippen LogP contribution in [0.1, 0.15) is 21.6 Å². The third kappa shape index (κ3) is 2.46. The minimum absolute atomic E-state index is 0.278. The van der Waals surface area contributed by atoms with Gasteiger partial charge in [-0.05, 0) is 54.8 Å². The van der Waals surface area contributed by atoms with Gasteiger partial charge < -0.3 is 11.1 Å². The van der Waals surface area contributed by atoms with E-state index in [-0.39, 0.29) is 11.5 Å². The summed E-state index contributed by atoms with van der Waals surface area (Å²) in [6.07, 6.45) is 1.52. The Labute approximate surface area is 144 Å². The van der Waals surface area contributed by atoms with E-state index in [4.69, 9.17) is 5.73 Å². The van der Waals surface area contributed by atoms with Crippen LogP contribution in [0.25, 0.3) is 16.9 Å². The van der Waals surface area contributed by atoms with Crippen LogP contribution in [0, 0.1) is 5.82 Å². The molecular formula is C19H17FN4O. The predicted molar refractivity (Wildman–Crippen MR) is 94.4 cm³/mol. The molecule has 5 nitrogen and oxygen atoms in total. The van der Waals surface area contributed by atoms with E-state index in [0.29, 0.717) is 12.1 Å². The molecular weight excluding hydrogens is 319 g/mol. The van der Waals surface area contributed by atoms with Gasteiger partial charge in [0.05, 0.1) is 11.4 Å². The molecule has 0 fully saturated rings. The van der Waals surface area contributed by atoms with E-state index in [0.717, 1.165) is 28.9 Å². The SMILES string of the molecule is CNc1ccc2c(c1)-c1c(c(C(N)=O)nn1-c1ccc(F)cc1)CC2. The fourth-order valence-corrected chi connectivity index (χ4v) is 3.36. The van der Waals surface area contributed by atoms with Crippen LogP contribution in [0.2, 0.25) is 0 Å². The molecule has 1 aromatic heterocycles. The molecule has 0 spiro atoms. The summed E-state index contributed by atoms with van der Waals surface area (Å²) in [7, 11) is 1.86. The molecule has 0 radical (unpaired) electrons. The van der Waals surface area contributed by atoms with Crippen molar-refractivity contribution >= 4 is 11.6 Å². The number of nitrogens with two attached hydrogens (primary N) is 1. The molecule has 2 aromatic carbocycles. The van der Waals surface area contributed by atoms with E-state index in [9.17, 15) is 9.18 Å². The molecule has 3 N–H and O–H groups in total. The van der Waals surface area contributed by atoms with Crippen LogP contribution in [-0.4, -0.2) is 22.7 Å². The summed E-state index contributed by atoms with van der Waals surface area (Å²) in [5.74, 6) is -0.872. The zero-order valence-electron chi connectivity index (χ0n) is 13.7. The van der Waals surface area contributed by atoms with Crippen LogP contribution in [-0.2, 0) is 12.8 Å². The number of benzene rings is 2. The normalized spacial score (nSPS) is 12.4. The zero-order valence-corrected chi connectivity index (χ0v) is 13.7. The van der Waals surface area contributed by atoms with Crippen molar-refractivity contribution < 1.29 is 9.18 Å². The van der Waals surface area contributed by atoms with Crippen molar-refractivity contribution in [3.63, 3.8) is 0 Å². The summed E-state index contributed by atoms with van der Waals surface area (Å²) in [6.45, 7) is 0. The number of fused-ring (bicyclic) bond motifs is 3. The van der Waals surface area contributed by atoms with Crippen molar-refractivity contribution in [2.24, 2.45) is 5.73 Å². The lowest BCUT2D eigenvalue weighted by Gasteiger charge is -2.19. The molecule has 1 amide bonds. The number of carbonyl (C=O) groups excluding carboxylic acids is 1. The molecule has 6 heteroatoms. The van der Waals surface area contributed by atoms with Gasteiger partial charge in [0.15, 0.2) is 5.69 Å². The smallest absolute Gasteiger partial charge is 0.269 e. The predicted octanol–water partition coefficient (Wildman–Crippen LogP) is 2.92. The van der Waals surface area contributed by atoms with Crippen molar-refractivity contribution in [3.05, 3.63) is 65.1 Å². The Balaban J connectivity index is 2.00. The van der Waals surface area contributed by atoms with Crippen LogP contribution < -0.4 is 11.1 Å². The molecule has 0 unspecified atom stereocenters. The highest BCUT2D eigenvalue weighted by Gasteiger charge is 2.28. The van der Waals surface area contributed by atoms with Gasteiger partial charge in [-0.25, -0.2) is 9.07 Å². The lowest BCUT2D eigenvalue weighted by Crippen LogP contribution is -2.15. The number of aryl methyl sites for hydroxylation is 1. The quantitative estimate of drug-likeness (QED) is 0.772. The standard InChI is InChI=1S/C19H17FN4O/c1-22-13-6-2-11-3-9-15-17(19(21)25)23-24(18(15)16(11)10-13)14-7-4-12(20)5-8-14/h2,4-8,10,22H,3,9H2,1H3,(H2,21,25). The number of rotatable bonds is 3. The number of anilines is 1. The van der Waals surface area contributed by atoms with Crippen LogP contribution in [0.15, 0.2) is 42.5 Å². The Morgan fingerprint density at radius 2 is 1.96 bits per heavy atom. The first-order valence-corrected chi connectivity index (χ1v) is 8.07. The molecule has 1 aliphatic carbocycles. The molecule has 1 heterocycles. The van der Waals surface area contributed by atoms with Gasteiger partial charge >= 0.3 is 0 Å². The van der Waals surface area contributed by atoms with Crippen LogP contribution >= 0.6 is 0 Å². The van der Waals surface area contributed by atoms with Gasteiger partial charge in [0.1, 0.15) is 5.82 Å². The molecule has 0 aliphatic heterocycles. The fraction of sp³-hybridized carbons (Fsp3) is 0.158. The van der Waals surface area contributed by atoms with Gasteiger partial charge in [0.2, 0.25) is 0 Å². The van der Waals surface area contributed by atoms with Crippen molar-refractivity contribution in [1.82, 2.24) is 9.78 Å². The number of aromatic nitrogens is 2. The highest BCUT2D eigenvalue weighted by molar-refractivity contribution is 5.95. The fourth-order valence-electron chi connectivity index (χ4n) is 3.36. The maximum atomic E-state index is 13.3. The Hall–Kier alpha value is -3.15. The highest BCUT2D eigenvalue weighted by atomic mass is 19.1. The van der Waals surface area contributed by atoms with Crippen molar-refractivity contribution in [2.45, 2.75) is 12.8 Å². The van der Waals surface area contributed by atoms with Crippen molar-refractivity contribution in [3.8, 4) is 16.9 Å². The maximum absolute atomic E-state index is 13.3. The number of nitrogens with zero attached hydrogens (tertiary/aromatic N) is 2. The van der Waals surface area contributed by atoms with Crippen LogP contribution in [0.5, 0.6) is 0 Å². The molecule has 4 rings (SSSR count). The van der Waals surface area contributed by atoms with Gasteiger partial charge in [-0.2, -0.15) is 5.10 Å². The third-order valence-electron chi connectivity index (χ3n) is 4.59. The van der Waals surface area contributed by atoms with Crippen LogP contribution in [0.3, 0.4) is 0 Å². The van der Waals surface area contributed by atoms with E-state index in [1.165, 1.54) is 17.7 Å². The molecule has 0 saturated heterocycles. The minimum Gasteiger partial charge on any atom is -0.388 e. The highest BCUT2D eigenvalue weighted by Crippen LogP contribution is 2.38. The molecule has 1 aliphatic rings. The Bertz CT molecular complexity index is 976. The number of hydrogen-bond donors (Lipinski definition) is 2. The Kier molecular flexibility index (Phi) is 3.53. The molecule has 3 aromatic rings. The lowest BCUT2D eigenvalue weighted by molar-refractivity contribution is 0.0994. The minimum atomic E-state index is -0.551. The van der Waals surface area contributed by atoms with E-state index in [2.05, 4.69) is 16.5 Å². The zero-order chi connectivity index (χ0) is 17.6. The molecule has 25 heavy (non-hydrogen) atoms. The van der Waals surface area contributed by atoms with E-state index in [1.54, 1.807) is 16.8 Å². The number of nitrogens with one attached hydrogen (secondary N) is 1. The summed E-state index contributed by atoms with van der Waals surface area (Å²) in [6, 6.07) is 12.2. The maximum Gasteiger partial charge on any atom is 0.269 e. The Morgan fingerprint density at radius 3 is 2.64 bits per heavy atom. The molecule has 126 valence electrons. The van der Waals surface area contributed by atoms with Crippen molar-refractivity contribution in [2.75, 3.05) is 12.4 Å². The summed E-state index contributed by atoms with van der Waals surface area (Å²) in [4.78, 5) is 11.9. The lowest BCUT2D eigenvalue weighted by atomic mass is 9.88. The second-order valence-electron chi connectivity index (χ2n) is 6.05. The summed E-state index contributed by atoms with van der Waals surface area (Å²) in [5.41, 5.74) is 11.4. The van der Waals surface area contributed by atoms with Gasteiger partial charge in [-0.3, -0.25) is 4.79 Å². The average Bonchev–Trinajstić information content (AvgIpc) is 3.02. The largest absolute Gasteiger partial charge is 0.388 e.